The summed E-state index contributed by atoms with van der Waals surface area (Å²) in [5, 5.41) is 11.6. The molecule has 2 aliphatic heterocycles. The summed E-state index contributed by atoms with van der Waals surface area (Å²) in [5.74, 6) is -0.597. The molecule has 7 nitrogen and oxygen atoms in total. The first-order valence-electron chi connectivity index (χ1n) is 9.96. The van der Waals surface area contributed by atoms with Gasteiger partial charge in [0.15, 0.2) is 11.5 Å². The molecular formula is C24H18ClNO6. The van der Waals surface area contributed by atoms with Gasteiger partial charge in [-0.25, -0.2) is 0 Å². The summed E-state index contributed by atoms with van der Waals surface area (Å²) >= 11 is 6.18. The fourth-order valence-corrected chi connectivity index (χ4v) is 4.15. The number of rotatable bonds is 3. The number of amides is 1. The van der Waals surface area contributed by atoms with E-state index in [1.807, 2.05) is 6.92 Å². The average molecular weight is 452 g/mol. The molecule has 3 aromatic rings. The molecule has 1 amide bonds. The highest BCUT2D eigenvalue weighted by molar-refractivity contribution is 6.51. The van der Waals surface area contributed by atoms with Crippen molar-refractivity contribution in [2.75, 3.05) is 18.1 Å². The van der Waals surface area contributed by atoms with Crippen LogP contribution in [0.15, 0.2) is 64.8 Å². The Bertz CT molecular complexity index is 1260. The van der Waals surface area contributed by atoms with E-state index in [4.69, 9.17) is 25.5 Å². The maximum atomic E-state index is 13.2. The van der Waals surface area contributed by atoms with Crippen LogP contribution in [0.25, 0.3) is 5.76 Å². The molecule has 5 rings (SSSR count). The third-order valence-electron chi connectivity index (χ3n) is 5.50. The summed E-state index contributed by atoms with van der Waals surface area (Å²) in [6.45, 7) is 2.62. The van der Waals surface area contributed by atoms with Gasteiger partial charge in [0.25, 0.3) is 11.7 Å². The van der Waals surface area contributed by atoms with E-state index in [0.717, 1.165) is 5.56 Å². The maximum absolute atomic E-state index is 13.2. The number of carbonyl (C=O) groups excluding carboxylic acids is 2. The van der Waals surface area contributed by atoms with Crippen molar-refractivity contribution in [1.82, 2.24) is 0 Å². The first kappa shape index (κ1) is 20.2. The lowest BCUT2D eigenvalue weighted by Gasteiger charge is -2.25. The Kier molecular flexibility index (Phi) is 4.90. The van der Waals surface area contributed by atoms with E-state index in [1.54, 1.807) is 48.5 Å². The molecule has 162 valence electrons. The summed E-state index contributed by atoms with van der Waals surface area (Å²) in [4.78, 5) is 27.6. The van der Waals surface area contributed by atoms with Crippen molar-refractivity contribution in [3.63, 3.8) is 0 Å². The van der Waals surface area contributed by atoms with Crippen LogP contribution in [0.1, 0.15) is 22.9 Å². The van der Waals surface area contributed by atoms with Gasteiger partial charge in [-0.1, -0.05) is 17.7 Å². The lowest BCUT2D eigenvalue weighted by molar-refractivity contribution is -0.132. The maximum Gasteiger partial charge on any atom is 0.300 e. The zero-order valence-corrected chi connectivity index (χ0v) is 17.8. The van der Waals surface area contributed by atoms with Crippen LogP contribution in [-0.2, 0) is 9.59 Å². The van der Waals surface area contributed by atoms with E-state index in [2.05, 4.69) is 0 Å². The number of carbonyl (C=O) groups is 2. The molecule has 1 aromatic heterocycles. The number of ketones is 1. The molecule has 32 heavy (non-hydrogen) atoms. The van der Waals surface area contributed by atoms with Crippen molar-refractivity contribution in [1.29, 1.82) is 0 Å². The van der Waals surface area contributed by atoms with Gasteiger partial charge < -0.3 is 19.0 Å². The molecule has 0 saturated carbocycles. The van der Waals surface area contributed by atoms with Crippen molar-refractivity contribution in [3.05, 3.63) is 82.3 Å². The van der Waals surface area contributed by atoms with E-state index in [1.165, 1.54) is 11.2 Å². The summed E-state index contributed by atoms with van der Waals surface area (Å²) in [6.07, 6.45) is 1.45. The van der Waals surface area contributed by atoms with E-state index >= 15 is 0 Å². The van der Waals surface area contributed by atoms with Crippen molar-refractivity contribution in [3.8, 4) is 11.5 Å². The second-order valence-corrected chi connectivity index (χ2v) is 7.91. The first-order chi connectivity index (χ1) is 15.5. The van der Waals surface area contributed by atoms with Crippen LogP contribution < -0.4 is 14.4 Å². The number of Topliss-reactive ketones (excluding diaryl/α,β-unsaturated/α-hetero) is 1. The lowest BCUT2D eigenvalue weighted by atomic mass is 9.98. The van der Waals surface area contributed by atoms with Gasteiger partial charge >= 0.3 is 0 Å². The summed E-state index contributed by atoms with van der Waals surface area (Å²) in [7, 11) is 0. The van der Waals surface area contributed by atoms with Gasteiger partial charge in [0.1, 0.15) is 30.8 Å². The van der Waals surface area contributed by atoms with Crippen LogP contribution in [-0.4, -0.2) is 30.0 Å². The molecule has 0 radical (unpaired) electrons. The number of nitrogens with zero attached hydrogens (tertiary/aromatic N) is 1. The normalized spacial score (nSPS) is 19.4. The third kappa shape index (κ3) is 3.22. The van der Waals surface area contributed by atoms with Crippen molar-refractivity contribution >= 4 is 34.7 Å². The average Bonchev–Trinajstić information content (AvgIpc) is 3.42. The van der Waals surface area contributed by atoms with Gasteiger partial charge in [-0.3, -0.25) is 14.5 Å². The Morgan fingerprint density at radius 2 is 1.84 bits per heavy atom. The van der Waals surface area contributed by atoms with Crippen molar-refractivity contribution in [2.24, 2.45) is 0 Å². The minimum absolute atomic E-state index is 0.0824. The number of benzene rings is 2. The number of hydrogen-bond acceptors (Lipinski definition) is 6. The number of fused-ring (bicyclic) bond motifs is 1. The number of aliphatic hydroxyl groups is 1. The highest BCUT2D eigenvalue weighted by Gasteiger charge is 2.48. The number of aliphatic hydroxyl groups excluding tert-OH is 1. The van der Waals surface area contributed by atoms with Gasteiger partial charge in [0.2, 0.25) is 0 Å². The Morgan fingerprint density at radius 3 is 2.59 bits per heavy atom. The number of ether oxygens (including phenoxy) is 2. The molecule has 2 aromatic carbocycles. The molecule has 1 unspecified atom stereocenters. The topological polar surface area (TPSA) is 89.2 Å². The number of furan rings is 1. The monoisotopic (exact) mass is 451 g/mol. The molecule has 0 aliphatic carbocycles. The smallest absolute Gasteiger partial charge is 0.300 e. The summed E-state index contributed by atoms with van der Waals surface area (Å²) in [5.41, 5.74) is 1.45. The van der Waals surface area contributed by atoms with Crippen LogP contribution in [0, 0.1) is 6.92 Å². The Labute approximate surface area is 188 Å². The van der Waals surface area contributed by atoms with Gasteiger partial charge in [0, 0.05) is 16.3 Å². The summed E-state index contributed by atoms with van der Waals surface area (Å²) in [6, 6.07) is 12.3. The lowest BCUT2D eigenvalue weighted by Crippen LogP contribution is -2.30. The quantitative estimate of drug-likeness (QED) is 0.354. The van der Waals surface area contributed by atoms with Crippen LogP contribution in [0.4, 0.5) is 5.69 Å². The standard InChI is InChI=1S/C24H18ClNO6/c1-13-4-6-15(25)12-16(13)26-21(18-3-2-8-30-18)20(23(28)24(26)29)22(27)14-5-7-17-19(11-14)32-10-9-31-17/h2-8,11-12,21,27H,9-10H2,1H3/b22-20-. The first-order valence-corrected chi connectivity index (χ1v) is 10.3. The van der Waals surface area contributed by atoms with Crippen LogP contribution in [0.2, 0.25) is 5.02 Å². The molecule has 8 heteroatoms. The van der Waals surface area contributed by atoms with E-state index < -0.39 is 17.7 Å². The highest BCUT2D eigenvalue weighted by Crippen LogP contribution is 2.44. The Hall–Kier alpha value is -3.71. The Morgan fingerprint density at radius 1 is 1.06 bits per heavy atom. The second kappa shape index (κ2) is 7.76. The van der Waals surface area contributed by atoms with Crippen LogP contribution in [0.3, 0.4) is 0 Å². The van der Waals surface area contributed by atoms with Gasteiger partial charge in [0.05, 0.1) is 11.8 Å². The molecule has 1 N–H and O–H groups in total. The molecule has 1 fully saturated rings. The molecule has 3 heterocycles. The minimum atomic E-state index is -0.963. The minimum Gasteiger partial charge on any atom is -0.507 e. The molecule has 0 bridgehead atoms. The zero-order chi connectivity index (χ0) is 22.4. The number of hydrogen-bond donors (Lipinski definition) is 1. The molecule has 1 saturated heterocycles. The number of aryl methyl sites for hydroxylation is 1. The largest absolute Gasteiger partial charge is 0.507 e. The zero-order valence-electron chi connectivity index (χ0n) is 17.0. The fraction of sp³-hybridized carbons (Fsp3) is 0.167. The van der Waals surface area contributed by atoms with Crippen LogP contribution >= 0.6 is 11.6 Å². The number of halogens is 1. The van der Waals surface area contributed by atoms with Gasteiger partial charge in [-0.2, -0.15) is 0 Å². The third-order valence-corrected chi connectivity index (χ3v) is 5.74. The summed E-state index contributed by atoms with van der Waals surface area (Å²) < 4.78 is 16.7. The second-order valence-electron chi connectivity index (χ2n) is 7.47. The Balaban J connectivity index is 1.70. The van der Waals surface area contributed by atoms with Crippen LogP contribution in [0.5, 0.6) is 11.5 Å². The van der Waals surface area contributed by atoms with Gasteiger partial charge in [-0.05, 0) is 55.0 Å². The molecule has 2 aliphatic rings. The van der Waals surface area contributed by atoms with Crippen molar-refractivity contribution in [2.45, 2.75) is 13.0 Å². The van der Waals surface area contributed by atoms with E-state index in [0.29, 0.717) is 46.7 Å². The van der Waals surface area contributed by atoms with Gasteiger partial charge in [-0.15, -0.1) is 0 Å². The molecule has 0 spiro atoms. The highest BCUT2D eigenvalue weighted by atomic mass is 35.5. The molecular weight excluding hydrogens is 434 g/mol. The van der Waals surface area contributed by atoms with Crippen molar-refractivity contribution < 1.29 is 28.6 Å². The fourth-order valence-electron chi connectivity index (χ4n) is 3.99. The SMILES string of the molecule is Cc1ccc(Cl)cc1N1C(=O)C(=O)/C(=C(\O)c2ccc3c(c2)OCCO3)C1c1ccco1. The molecule has 1 atom stereocenters. The van der Waals surface area contributed by atoms with E-state index in [-0.39, 0.29) is 11.3 Å². The number of anilines is 1. The van der Waals surface area contributed by atoms with E-state index in [9.17, 15) is 14.7 Å². The predicted octanol–water partition coefficient (Wildman–Crippen LogP) is 4.64. The predicted molar refractivity (Wildman–Crippen MR) is 117 cm³/mol.